The lowest BCUT2D eigenvalue weighted by molar-refractivity contribution is -0.136. The third-order valence-electron chi connectivity index (χ3n) is 1.72. The Morgan fingerprint density at radius 2 is 2.15 bits per heavy atom. The van der Waals surface area contributed by atoms with Crippen molar-refractivity contribution in [1.29, 1.82) is 0 Å². The van der Waals surface area contributed by atoms with Gasteiger partial charge in [0.15, 0.2) is 5.38 Å². The molecular weight excluding hydrogens is 211 g/mol. The van der Waals surface area contributed by atoms with E-state index in [-0.39, 0.29) is 0 Å². The molecule has 13 heavy (non-hydrogen) atoms. The Labute approximate surface area is 86.1 Å². The van der Waals surface area contributed by atoms with Gasteiger partial charge >= 0.3 is 5.97 Å². The quantitative estimate of drug-likeness (QED) is 0.776. The van der Waals surface area contributed by atoms with E-state index in [2.05, 4.69) is 0 Å². The predicted molar refractivity (Wildman–Crippen MR) is 52.4 cm³/mol. The average Bonchev–Trinajstić information content (AvgIpc) is 2.03. The number of aryl methyl sites for hydroxylation is 1. The van der Waals surface area contributed by atoms with Crippen LogP contribution in [0.15, 0.2) is 18.2 Å². The van der Waals surface area contributed by atoms with Crippen LogP contribution >= 0.6 is 23.2 Å². The van der Waals surface area contributed by atoms with Gasteiger partial charge in [-0.1, -0.05) is 17.7 Å². The second-order valence-corrected chi connectivity index (χ2v) is 3.57. The summed E-state index contributed by atoms with van der Waals surface area (Å²) in [5, 5.41) is 8.24. The standard InChI is InChI=1S/C9H8Cl2O2/c1-5-4-6(10)2-3-7(5)8(11)9(12)13/h2-4,8H,1H3,(H,12,13). The lowest BCUT2D eigenvalue weighted by Crippen LogP contribution is -2.06. The summed E-state index contributed by atoms with van der Waals surface area (Å²) in [6.45, 7) is 1.78. The lowest BCUT2D eigenvalue weighted by Gasteiger charge is -2.08. The van der Waals surface area contributed by atoms with E-state index in [1.54, 1.807) is 25.1 Å². The van der Waals surface area contributed by atoms with Gasteiger partial charge in [0.25, 0.3) is 0 Å². The van der Waals surface area contributed by atoms with E-state index in [1.165, 1.54) is 0 Å². The maximum Gasteiger partial charge on any atom is 0.326 e. The van der Waals surface area contributed by atoms with Crippen LogP contribution in [0.3, 0.4) is 0 Å². The van der Waals surface area contributed by atoms with Crippen LogP contribution in [0.5, 0.6) is 0 Å². The number of hydrogen-bond donors (Lipinski definition) is 1. The molecule has 0 aliphatic rings. The minimum absolute atomic E-state index is 0.579. The van der Waals surface area contributed by atoms with Crippen LogP contribution in [0.25, 0.3) is 0 Å². The summed E-state index contributed by atoms with van der Waals surface area (Å²) in [6, 6.07) is 4.95. The molecule has 0 saturated carbocycles. The number of carboxylic acids is 1. The smallest absolute Gasteiger partial charge is 0.326 e. The third-order valence-corrected chi connectivity index (χ3v) is 2.38. The first-order valence-electron chi connectivity index (χ1n) is 3.65. The molecule has 1 unspecified atom stereocenters. The van der Waals surface area contributed by atoms with Gasteiger partial charge in [0, 0.05) is 5.02 Å². The maximum atomic E-state index is 10.6. The normalized spacial score (nSPS) is 12.5. The summed E-state index contributed by atoms with van der Waals surface area (Å²) in [6.07, 6.45) is 0. The minimum Gasteiger partial charge on any atom is -0.480 e. The van der Waals surface area contributed by atoms with Crippen LogP contribution in [0.2, 0.25) is 5.02 Å². The fourth-order valence-electron chi connectivity index (χ4n) is 1.06. The van der Waals surface area contributed by atoms with Crippen molar-refractivity contribution in [2.24, 2.45) is 0 Å². The van der Waals surface area contributed by atoms with Gasteiger partial charge in [-0.3, -0.25) is 4.79 Å². The predicted octanol–water partition coefficient (Wildman–Crippen LogP) is 3.01. The fourth-order valence-corrected chi connectivity index (χ4v) is 1.53. The summed E-state index contributed by atoms with van der Waals surface area (Å²) in [5.41, 5.74) is 1.37. The van der Waals surface area contributed by atoms with Crippen molar-refractivity contribution in [1.82, 2.24) is 0 Å². The van der Waals surface area contributed by atoms with Gasteiger partial charge in [-0.25, -0.2) is 0 Å². The van der Waals surface area contributed by atoms with E-state index in [1.807, 2.05) is 0 Å². The second kappa shape index (κ2) is 3.99. The molecule has 0 aliphatic heterocycles. The maximum absolute atomic E-state index is 10.6. The van der Waals surface area contributed by atoms with Gasteiger partial charge in [0.05, 0.1) is 0 Å². The van der Waals surface area contributed by atoms with Crippen molar-refractivity contribution in [2.75, 3.05) is 0 Å². The first kappa shape index (κ1) is 10.4. The zero-order valence-electron chi connectivity index (χ0n) is 6.92. The Morgan fingerprint density at radius 1 is 1.54 bits per heavy atom. The van der Waals surface area contributed by atoms with Gasteiger partial charge in [-0.15, -0.1) is 11.6 Å². The number of carbonyl (C=O) groups is 1. The van der Waals surface area contributed by atoms with Crippen LogP contribution in [-0.4, -0.2) is 11.1 Å². The molecule has 1 aromatic rings. The van der Waals surface area contributed by atoms with Gasteiger partial charge in [-0.05, 0) is 30.2 Å². The van der Waals surface area contributed by atoms with Gasteiger partial charge in [0.1, 0.15) is 0 Å². The van der Waals surface area contributed by atoms with Gasteiger partial charge in [-0.2, -0.15) is 0 Å². The molecule has 1 N–H and O–H groups in total. The Hall–Kier alpha value is -0.730. The van der Waals surface area contributed by atoms with E-state index in [0.29, 0.717) is 10.6 Å². The molecule has 0 aromatic heterocycles. The molecular formula is C9H8Cl2O2. The number of aliphatic carboxylic acids is 1. The van der Waals surface area contributed by atoms with E-state index in [4.69, 9.17) is 28.3 Å². The first-order chi connectivity index (χ1) is 6.02. The zero-order chi connectivity index (χ0) is 10.0. The number of carboxylic acid groups (broad SMARTS) is 1. The van der Waals surface area contributed by atoms with E-state index in [9.17, 15) is 4.79 Å². The monoisotopic (exact) mass is 218 g/mol. The van der Waals surface area contributed by atoms with Crippen LogP contribution in [0, 0.1) is 6.92 Å². The molecule has 0 radical (unpaired) electrons. The van der Waals surface area contributed by atoms with Gasteiger partial charge < -0.3 is 5.11 Å². The molecule has 1 aromatic carbocycles. The summed E-state index contributed by atoms with van der Waals surface area (Å²) in [5.74, 6) is -1.05. The van der Waals surface area contributed by atoms with Crippen LogP contribution in [0.1, 0.15) is 16.5 Å². The largest absolute Gasteiger partial charge is 0.480 e. The fraction of sp³-hybridized carbons (Fsp3) is 0.222. The highest BCUT2D eigenvalue weighted by molar-refractivity contribution is 6.31. The number of alkyl halides is 1. The van der Waals surface area contributed by atoms with E-state index >= 15 is 0 Å². The highest BCUT2D eigenvalue weighted by atomic mass is 35.5. The Kier molecular flexibility index (Phi) is 3.17. The molecule has 0 saturated heterocycles. The van der Waals surface area contributed by atoms with Crippen molar-refractivity contribution < 1.29 is 9.90 Å². The molecule has 1 rings (SSSR count). The summed E-state index contributed by atoms with van der Waals surface area (Å²) in [4.78, 5) is 10.6. The molecule has 0 amide bonds. The topological polar surface area (TPSA) is 37.3 Å². The van der Waals surface area contributed by atoms with Crippen molar-refractivity contribution in [2.45, 2.75) is 12.3 Å². The lowest BCUT2D eigenvalue weighted by atomic mass is 10.1. The highest BCUT2D eigenvalue weighted by Crippen LogP contribution is 2.26. The van der Waals surface area contributed by atoms with Gasteiger partial charge in [0.2, 0.25) is 0 Å². The molecule has 0 aliphatic carbocycles. The minimum atomic E-state index is -1.05. The SMILES string of the molecule is Cc1cc(Cl)ccc1C(Cl)C(=O)O. The summed E-state index contributed by atoms with van der Waals surface area (Å²) < 4.78 is 0. The third kappa shape index (κ3) is 2.36. The van der Waals surface area contributed by atoms with Crippen LogP contribution in [-0.2, 0) is 4.79 Å². The Morgan fingerprint density at radius 3 is 2.62 bits per heavy atom. The van der Waals surface area contributed by atoms with Crippen molar-refractivity contribution in [3.63, 3.8) is 0 Å². The first-order valence-corrected chi connectivity index (χ1v) is 4.46. The number of halogens is 2. The molecule has 0 heterocycles. The number of rotatable bonds is 2. The second-order valence-electron chi connectivity index (χ2n) is 2.70. The Bertz CT molecular complexity index is 336. The molecule has 70 valence electrons. The molecule has 1 atom stereocenters. The summed E-state index contributed by atoms with van der Waals surface area (Å²) >= 11 is 11.4. The molecule has 0 spiro atoms. The van der Waals surface area contributed by atoms with Crippen molar-refractivity contribution >= 4 is 29.2 Å². The molecule has 0 fully saturated rings. The Balaban J connectivity index is 3.08. The van der Waals surface area contributed by atoms with E-state index < -0.39 is 11.3 Å². The van der Waals surface area contributed by atoms with Crippen LogP contribution < -0.4 is 0 Å². The molecule has 0 bridgehead atoms. The number of benzene rings is 1. The average molecular weight is 219 g/mol. The number of hydrogen-bond acceptors (Lipinski definition) is 1. The zero-order valence-corrected chi connectivity index (χ0v) is 8.43. The van der Waals surface area contributed by atoms with Crippen molar-refractivity contribution in [3.05, 3.63) is 34.3 Å². The molecule has 2 nitrogen and oxygen atoms in total. The summed E-state index contributed by atoms with van der Waals surface area (Å²) in [7, 11) is 0. The highest BCUT2D eigenvalue weighted by Gasteiger charge is 2.17. The van der Waals surface area contributed by atoms with Crippen LogP contribution in [0.4, 0.5) is 0 Å². The van der Waals surface area contributed by atoms with E-state index in [0.717, 1.165) is 5.56 Å². The van der Waals surface area contributed by atoms with Crippen molar-refractivity contribution in [3.8, 4) is 0 Å². The molecule has 4 heteroatoms.